The van der Waals surface area contributed by atoms with Crippen LogP contribution in [0.4, 0.5) is 0 Å². The van der Waals surface area contributed by atoms with Crippen LogP contribution in [0.15, 0.2) is 30.3 Å². The zero-order valence-electron chi connectivity index (χ0n) is 7.18. The van der Waals surface area contributed by atoms with E-state index in [-0.39, 0.29) is 11.3 Å². The van der Waals surface area contributed by atoms with Crippen molar-refractivity contribution in [2.75, 3.05) is 6.61 Å². The first-order valence-electron chi connectivity index (χ1n) is 3.70. The normalized spacial score (nSPS) is 14.3. The third-order valence-corrected chi connectivity index (χ3v) is 2.95. The van der Waals surface area contributed by atoms with Gasteiger partial charge in [-0.3, -0.25) is 4.57 Å². The van der Waals surface area contributed by atoms with Crippen LogP contribution < -0.4 is 10.0 Å². The van der Waals surface area contributed by atoms with Crippen LogP contribution in [-0.4, -0.2) is 11.5 Å². The van der Waals surface area contributed by atoms with E-state index in [0.29, 0.717) is 5.30 Å². The Kier molecular flexibility index (Phi) is 4.85. The molecule has 1 unspecified atom stereocenters. The number of halogens is 1. The molecule has 0 amide bonds. The summed E-state index contributed by atoms with van der Waals surface area (Å²) in [7, 11) is -3.54. The van der Waals surface area contributed by atoms with Gasteiger partial charge in [0, 0.05) is 0 Å². The van der Waals surface area contributed by atoms with Crippen LogP contribution in [0.1, 0.15) is 6.92 Å². The number of rotatable bonds is 3. The summed E-state index contributed by atoms with van der Waals surface area (Å²) in [5.41, 5.74) is 0. The van der Waals surface area contributed by atoms with Crippen LogP contribution in [0, 0.1) is 0 Å². The van der Waals surface area contributed by atoms with Crippen LogP contribution >= 0.6 is 7.60 Å². The average molecular weight is 205 g/mol. The van der Waals surface area contributed by atoms with Crippen LogP contribution in [-0.2, 0) is 9.09 Å². The van der Waals surface area contributed by atoms with Gasteiger partial charge in [0.2, 0.25) is 0 Å². The fourth-order valence-electron chi connectivity index (χ4n) is 0.866. The second-order valence-electron chi connectivity index (χ2n) is 2.27. The lowest BCUT2D eigenvalue weighted by atomic mass is 10.4. The summed E-state index contributed by atoms with van der Waals surface area (Å²) < 4.78 is 16.1. The van der Waals surface area contributed by atoms with Gasteiger partial charge in [-0.2, -0.15) is 0 Å². The monoisotopic (exact) mass is 205 g/mol. The van der Waals surface area contributed by atoms with Gasteiger partial charge in [0.05, 0.1) is 11.9 Å². The fourth-order valence-corrected chi connectivity index (χ4v) is 1.91. The first-order chi connectivity index (χ1) is 5.67. The van der Waals surface area contributed by atoms with Gasteiger partial charge in [0.25, 0.3) is 0 Å². The van der Waals surface area contributed by atoms with E-state index in [1.807, 2.05) is 0 Å². The van der Waals surface area contributed by atoms with Gasteiger partial charge in [-0.15, -0.1) is 0 Å². The van der Waals surface area contributed by atoms with E-state index in [2.05, 4.69) is 0 Å². The molecular weight excluding hydrogens is 194 g/mol. The van der Waals surface area contributed by atoms with E-state index in [1.165, 1.54) is 0 Å². The maximum absolute atomic E-state index is 11.3. The van der Waals surface area contributed by atoms with Crippen molar-refractivity contribution in [2.45, 2.75) is 6.92 Å². The van der Waals surface area contributed by atoms with Crippen molar-refractivity contribution in [1.82, 2.24) is 0 Å². The van der Waals surface area contributed by atoms with Crippen molar-refractivity contribution in [3.05, 3.63) is 30.3 Å². The Bertz CT molecular complexity index is 289. The predicted molar refractivity (Wildman–Crippen MR) is 47.5 cm³/mol. The third kappa shape index (κ3) is 3.27. The van der Waals surface area contributed by atoms with E-state index in [0.717, 1.165) is 0 Å². The minimum Gasteiger partial charge on any atom is -1.00 e. The van der Waals surface area contributed by atoms with Gasteiger partial charge in [0.15, 0.2) is 0 Å². The Morgan fingerprint density at radius 1 is 1.38 bits per heavy atom. The Hall–Kier alpha value is -0.700. The standard InChI is InChI=1S/C8H11O3P.FH/c1-2-11-12(9,10)8-6-4-3-5-7-8;/h3-7H,2H2,1H3,(H,9,10);1H/p-1. The number of hydrogen-bond acceptors (Lipinski definition) is 2. The maximum atomic E-state index is 11.3. The molecule has 0 aromatic heterocycles. The van der Waals surface area contributed by atoms with Crippen LogP contribution in [0.25, 0.3) is 0 Å². The highest BCUT2D eigenvalue weighted by atomic mass is 31.2. The molecule has 1 atom stereocenters. The number of hydrogen-bond donors (Lipinski definition) is 1. The van der Waals surface area contributed by atoms with Gasteiger partial charge >= 0.3 is 7.60 Å². The minimum absolute atomic E-state index is 0. The average Bonchev–Trinajstić information content (AvgIpc) is 2.06. The molecule has 0 aliphatic rings. The molecule has 0 fully saturated rings. The largest absolute Gasteiger partial charge is 1.00 e. The summed E-state index contributed by atoms with van der Waals surface area (Å²) in [6.45, 7) is 1.93. The van der Waals surface area contributed by atoms with Crippen molar-refractivity contribution in [3.63, 3.8) is 0 Å². The summed E-state index contributed by atoms with van der Waals surface area (Å²) in [4.78, 5) is 9.32. The lowest BCUT2D eigenvalue weighted by Gasteiger charge is -2.09. The maximum Gasteiger partial charge on any atom is 0.358 e. The second-order valence-corrected chi connectivity index (χ2v) is 4.09. The van der Waals surface area contributed by atoms with E-state index in [9.17, 15) is 9.46 Å². The Labute approximate surface area is 76.3 Å². The molecule has 0 spiro atoms. The van der Waals surface area contributed by atoms with Gasteiger partial charge in [-0.1, -0.05) is 18.2 Å². The van der Waals surface area contributed by atoms with Crippen LogP contribution in [0.5, 0.6) is 0 Å². The molecule has 3 nitrogen and oxygen atoms in total. The zero-order valence-corrected chi connectivity index (χ0v) is 8.08. The Morgan fingerprint density at radius 2 is 1.92 bits per heavy atom. The van der Waals surface area contributed by atoms with E-state index in [4.69, 9.17) is 4.52 Å². The molecule has 0 saturated heterocycles. The Morgan fingerprint density at radius 3 is 2.38 bits per heavy atom. The molecule has 74 valence electrons. The van der Waals surface area contributed by atoms with Crippen molar-refractivity contribution >= 4 is 12.9 Å². The summed E-state index contributed by atoms with van der Waals surface area (Å²) in [6.07, 6.45) is 0. The minimum atomic E-state index is -3.54. The molecule has 0 aliphatic heterocycles. The molecule has 0 saturated carbocycles. The van der Waals surface area contributed by atoms with Gasteiger partial charge in [-0.05, 0) is 19.1 Å². The lowest BCUT2D eigenvalue weighted by Crippen LogP contribution is -3.00. The van der Waals surface area contributed by atoms with E-state index >= 15 is 0 Å². The topological polar surface area (TPSA) is 46.5 Å². The molecule has 0 bridgehead atoms. The molecule has 13 heavy (non-hydrogen) atoms. The molecule has 0 heterocycles. The van der Waals surface area contributed by atoms with Crippen molar-refractivity contribution in [1.29, 1.82) is 0 Å². The highest BCUT2D eigenvalue weighted by Crippen LogP contribution is 2.39. The summed E-state index contributed by atoms with van der Waals surface area (Å²) in [6, 6.07) is 8.36. The van der Waals surface area contributed by atoms with Crippen LogP contribution in [0.2, 0.25) is 0 Å². The smallest absolute Gasteiger partial charge is 0.358 e. The molecule has 0 aliphatic carbocycles. The zero-order chi connectivity index (χ0) is 9.03. The molecule has 1 N–H and O–H groups in total. The summed E-state index contributed by atoms with van der Waals surface area (Å²) in [5, 5.41) is 0.340. The quantitative estimate of drug-likeness (QED) is 0.613. The summed E-state index contributed by atoms with van der Waals surface area (Å²) in [5.74, 6) is 0. The van der Waals surface area contributed by atoms with Crippen molar-refractivity contribution in [2.24, 2.45) is 0 Å². The van der Waals surface area contributed by atoms with Gasteiger partial charge < -0.3 is 14.1 Å². The number of benzene rings is 1. The van der Waals surface area contributed by atoms with Gasteiger partial charge in [-0.25, -0.2) is 0 Å². The first kappa shape index (κ1) is 12.3. The van der Waals surface area contributed by atoms with Crippen LogP contribution in [0.3, 0.4) is 0 Å². The van der Waals surface area contributed by atoms with Gasteiger partial charge in [0.1, 0.15) is 0 Å². The predicted octanol–water partition coefficient (Wildman–Crippen LogP) is -1.46. The Balaban J connectivity index is 0.00000144. The lowest BCUT2D eigenvalue weighted by molar-refractivity contribution is -0.00000721. The molecule has 5 heteroatoms. The van der Waals surface area contributed by atoms with E-state index in [1.54, 1.807) is 37.3 Å². The highest BCUT2D eigenvalue weighted by Gasteiger charge is 2.20. The summed E-state index contributed by atoms with van der Waals surface area (Å²) >= 11 is 0. The molecule has 1 rings (SSSR count). The fraction of sp³-hybridized carbons (Fsp3) is 0.250. The highest BCUT2D eigenvalue weighted by molar-refractivity contribution is 7.61. The first-order valence-corrected chi connectivity index (χ1v) is 5.27. The molecular formula is C8H11FO3P-. The molecule has 0 radical (unpaired) electrons. The van der Waals surface area contributed by atoms with Crippen molar-refractivity contribution < 1.29 is 18.7 Å². The molecule has 1 aromatic carbocycles. The van der Waals surface area contributed by atoms with E-state index < -0.39 is 7.60 Å². The second kappa shape index (κ2) is 5.12. The SMILES string of the molecule is CCOP(=O)(O)c1ccccc1.[F-]. The molecule has 1 aromatic rings. The van der Waals surface area contributed by atoms with Crippen molar-refractivity contribution in [3.8, 4) is 0 Å². The third-order valence-electron chi connectivity index (χ3n) is 1.39.